The molecular weight excluding hydrogens is 344 g/mol. The summed E-state index contributed by atoms with van der Waals surface area (Å²) < 4.78 is 33.7. The van der Waals surface area contributed by atoms with Gasteiger partial charge in [0.25, 0.3) is 5.56 Å². The molecule has 2 N–H and O–H groups in total. The Morgan fingerprint density at radius 2 is 2.08 bits per heavy atom. The normalized spacial score (nSPS) is 21.1. The third-order valence-electron chi connectivity index (χ3n) is 4.92. The highest BCUT2D eigenvalue weighted by Gasteiger charge is 2.32. The Labute approximate surface area is 149 Å². The number of carbonyl (C=O) groups excluding carboxylic acids is 1. The van der Waals surface area contributed by atoms with Crippen LogP contribution in [0.5, 0.6) is 0 Å². The summed E-state index contributed by atoms with van der Waals surface area (Å²) in [6.07, 6.45) is 0.632. The molecule has 1 fully saturated rings. The van der Waals surface area contributed by atoms with Crippen molar-refractivity contribution in [2.24, 2.45) is 11.7 Å². The van der Waals surface area contributed by atoms with Crippen molar-refractivity contribution in [3.63, 3.8) is 0 Å². The van der Waals surface area contributed by atoms with Crippen molar-refractivity contribution in [2.75, 3.05) is 26.7 Å². The Bertz CT molecular complexity index is 884. The monoisotopic (exact) mass is 365 g/mol. The number of carbonyl (C=O) groups is 1. The van der Waals surface area contributed by atoms with Crippen molar-refractivity contribution in [1.82, 2.24) is 9.47 Å². The molecule has 2 heterocycles. The van der Waals surface area contributed by atoms with Gasteiger partial charge in [-0.1, -0.05) is 0 Å². The van der Waals surface area contributed by atoms with Crippen LogP contribution in [0.2, 0.25) is 0 Å². The Kier molecular flexibility index (Phi) is 5.33. The molecule has 0 amide bonds. The number of methoxy groups -OCH3 is 1. The summed E-state index contributed by atoms with van der Waals surface area (Å²) in [5, 5.41) is 0.194. The van der Waals surface area contributed by atoms with Crippen LogP contribution in [0.25, 0.3) is 10.9 Å². The van der Waals surface area contributed by atoms with Crippen LogP contribution in [0.4, 0.5) is 8.78 Å². The van der Waals surface area contributed by atoms with E-state index in [2.05, 4.69) is 0 Å². The van der Waals surface area contributed by atoms with E-state index in [0.29, 0.717) is 26.1 Å². The van der Waals surface area contributed by atoms with Gasteiger partial charge in [0, 0.05) is 43.2 Å². The summed E-state index contributed by atoms with van der Waals surface area (Å²) in [5.41, 5.74) is 5.87. The van der Waals surface area contributed by atoms with E-state index in [1.165, 1.54) is 23.8 Å². The van der Waals surface area contributed by atoms with Crippen molar-refractivity contribution < 1.29 is 18.3 Å². The summed E-state index contributed by atoms with van der Waals surface area (Å²) in [4.78, 5) is 26.0. The van der Waals surface area contributed by atoms with Crippen LogP contribution in [0.15, 0.2) is 29.1 Å². The topological polar surface area (TPSA) is 77.6 Å². The first kappa shape index (κ1) is 18.5. The van der Waals surface area contributed by atoms with Crippen LogP contribution < -0.4 is 11.3 Å². The minimum atomic E-state index is -0.732. The highest BCUT2D eigenvalue weighted by Crippen LogP contribution is 2.20. The zero-order valence-electron chi connectivity index (χ0n) is 14.5. The average Bonchev–Trinajstić information content (AvgIpc) is 2.61. The van der Waals surface area contributed by atoms with Crippen molar-refractivity contribution in [3.05, 3.63) is 46.3 Å². The second-order valence-corrected chi connectivity index (χ2v) is 6.53. The van der Waals surface area contributed by atoms with E-state index in [4.69, 9.17) is 10.5 Å². The number of fused-ring (bicyclic) bond motifs is 1. The van der Waals surface area contributed by atoms with Gasteiger partial charge in [0.05, 0.1) is 18.5 Å². The number of esters is 1. The molecule has 0 saturated carbocycles. The van der Waals surface area contributed by atoms with Gasteiger partial charge in [-0.15, -0.1) is 0 Å². The molecule has 0 unspecified atom stereocenters. The summed E-state index contributed by atoms with van der Waals surface area (Å²) >= 11 is 0. The predicted molar refractivity (Wildman–Crippen MR) is 92.7 cm³/mol. The fourth-order valence-corrected chi connectivity index (χ4v) is 3.44. The van der Waals surface area contributed by atoms with E-state index in [9.17, 15) is 18.4 Å². The Morgan fingerprint density at radius 3 is 2.81 bits per heavy atom. The Balaban J connectivity index is 1.81. The zero-order valence-corrected chi connectivity index (χ0v) is 14.5. The van der Waals surface area contributed by atoms with E-state index >= 15 is 0 Å². The number of nitrogens with zero attached hydrogens (tertiary/aromatic N) is 2. The highest BCUT2D eigenvalue weighted by molar-refractivity contribution is 5.79. The van der Waals surface area contributed by atoms with Gasteiger partial charge in [-0.3, -0.25) is 9.59 Å². The molecule has 26 heavy (non-hydrogen) atoms. The molecule has 2 aromatic rings. The van der Waals surface area contributed by atoms with E-state index in [0.717, 1.165) is 12.1 Å². The van der Waals surface area contributed by atoms with Crippen molar-refractivity contribution >= 4 is 16.9 Å². The maximum atomic E-state index is 13.9. The molecule has 140 valence electrons. The molecule has 8 heteroatoms. The van der Waals surface area contributed by atoms with Crippen molar-refractivity contribution in [3.8, 4) is 0 Å². The standard InChI is InChI=1S/C18H21F2N3O3/c1-26-18(25)13-10-22(5-4-15(13)21)6-7-23-16-9-11(19)8-14(20)12(16)2-3-17(23)24/h2-3,8-9,13,15H,4-7,10,21H2,1H3/t13-,15-/m1/s1. The number of nitrogens with two attached hydrogens (primary N) is 1. The van der Waals surface area contributed by atoms with Gasteiger partial charge in [0.15, 0.2) is 0 Å². The van der Waals surface area contributed by atoms with Gasteiger partial charge in [-0.25, -0.2) is 8.78 Å². The largest absolute Gasteiger partial charge is 0.469 e. The molecule has 3 rings (SSSR count). The molecule has 2 atom stereocenters. The summed E-state index contributed by atoms with van der Waals surface area (Å²) in [7, 11) is 1.33. The SMILES string of the molecule is COC(=O)[C@@H]1CN(CCn2c(=O)ccc3c(F)cc(F)cc32)CC[C@H]1N. The van der Waals surface area contributed by atoms with Gasteiger partial charge < -0.3 is 19.9 Å². The van der Waals surface area contributed by atoms with Crippen LogP contribution in [0, 0.1) is 17.6 Å². The lowest BCUT2D eigenvalue weighted by Crippen LogP contribution is -2.51. The van der Waals surface area contributed by atoms with Crippen molar-refractivity contribution in [1.29, 1.82) is 0 Å². The Hall–Kier alpha value is -2.32. The number of ether oxygens (including phenoxy) is 1. The molecule has 0 bridgehead atoms. The lowest BCUT2D eigenvalue weighted by Gasteiger charge is -2.35. The molecule has 1 aromatic carbocycles. The molecule has 0 aliphatic carbocycles. The molecule has 6 nitrogen and oxygen atoms in total. The van der Waals surface area contributed by atoms with Crippen LogP contribution in [0.1, 0.15) is 6.42 Å². The van der Waals surface area contributed by atoms with Gasteiger partial charge in [0.1, 0.15) is 11.6 Å². The van der Waals surface area contributed by atoms with Gasteiger partial charge in [-0.05, 0) is 25.1 Å². The molecule has 1 aromatic heterocycles. The van der Waals surface area contributed by atoms with Crippen molar-refractivity contribution in [2.45, 2.75) is 19.0 Å². The van der Waals surface area contributed by atoms with Crippen LogP contribution in [-0.2, 0) is 16.1 Å². The third-order valence-corrected chi connectivity index (χ3v) is 4.92. The zero-order chi connectivity index (χ0) is 18.8. The van der Waals surface area contributed by atoms with E-state index < -0.39 is 17.6 Å². The molecule has 0 radical (unpaired) electrons. The number of halogens is 2. The second-order valence-electron chi connectivity index (χ2n) is 6.53. The summed E-state index contributed by atoms with van der Waals surface area (Å²) in [5.74, 6) is -2.21. The fraction of sp³-hybridized carbons (Fsp3) is 0.444. The molecule has 1 aliphatic rings. The highest BCUT2D eigenvalue weighted by atomic mass is 19.1. The average molecular weight is 365 g/mol. The quantitative estimate of drug-likeness (QED) is 0.821. The molecule has 1 saturated heterocycles. The number of aromatic nitrogens is 1. The number of benzene rings is 1. The van der Waals surface area contributed by atoms with Gasteiger partial charge >= 0.3 is 5.97 Å². The first-order valence-electron chi connectivity index (χ1n) is 8.45. The van der Waals surface area contributed by atoms with E-state index in [-0.39, 0.29) is 35.0 Å². The number of piperidine rings is 1. The number of hydrogen-bond acceptors (Lipinski definition) is 5. The van der Waals surface area contributed by atoms with Crippen LogP contribution in [0.3, 0.4) is 0 Å². The Morgan fingerprint density at radius 1 is 1.31 bits per heavy atom. The van der Waals surface area contributed by atoms with Gasteiger partial charge in [-0.2, -0.15) is 0 Å². The third kappa shape index (κ3) is 3.61. The van der Waals surface area contributed by atoms with Crippen LogP contribution in [-0.4, -0.2) is 48.2 Å². The fourth-order valence-electron chi connectivity index (χ4n) is 3.44. The number of rotatable bonds is 4. The maximum Gasteiger partial charge on any atom is 0.311 e. The van der Waals surface area contributed by atoms with E-state index in [1.54, 1.807) is 0 Å². The first-order chi connectivity index (χ1) is 12.4. The maximum absolute atomic E-state index is 13.9. The number of pyridine rings is 1. The lowest BCUT2D eigenvalue weighted by atomic mass is 9.93. The predicted octanol–water partition coefficient (Wildman–Crippen LogP) is 1.10. The molecular formula is C18H21F2N3O3. The smallest absolute Gasteiger partial charge is 0.311 e. The first-order valence-corrected chi connectivity index (χ1v) is 8.45. The summed E-state index contributed by atoms with van der Waals surface area (Å²) in [6.45, 7) is 1.81. The van der Waals surface area contributed by atoms with Crippen LogP contribution >= 0.6 is 0 Å². The molecule has 0 spiro atoms. The minimum absolute atomic E-state index is 0.194. The number of likely N-dealkylation sites (tertiary alicyclic amines) is 1. The minimum Gasteiger partial charge on any atom is -0.469 e. The van der Waals surface area contributed by atoms with Gasteiger partial charge in [0.2, 0.25) is 0 Å². The molecule has 1 aliphatic heterocycles. The second kappa shape index (κ2) is 7.51. The lowest BCUT2D eigenvalue weighted by molar-refractivity contribution is -0.148. The van der Waals surface area contributed by atoms with E-state index in [1.807, 2.05) is 4.90 Å². The summed E-state index contributed by atoms with van der Waals surface area (Å²) in [6, 6.07) is 4.32. The number of hydrogen-bond donors (Lipinski definition) is 1.